The lowest BCUT2D eigenvalue weighted by atomic mass is 10.3. The Morgan fingerprint density at radius 2 is 2.19 bits per heavy atom. The highest BCUT2D eigenvalue weighted by molar-refractivity contribution is 7.22. The van der Waals surface area contributed by atoms with Crippen molar-refractivity contribution in [2.75, 3.05) is 5.32 Å². The maximum absolute atomic E-state index is 11.7. The van der Waals surface area contributed by atoms with Crippen LogP contribution in [-0.2, 0) is 4.79 Å². The van der Waals surface area contributed by atoms with E-state index < -0.39 is 5.54 Å². The summed E-state index contributed by atoms with van der Waals surface area (Å²) in [5.41, 5.74) is 6.06. The van der Waals surface area contributed by atoms with E-state index in [1.54, 1.807) is 0 Å². The normalized spacial score (nSPS) is 17.3. The number of carbonyl (C=O) groups excluding carboxylic acids is 1. The summed E-state index contributed by atoms with van der Waals surface area (Å²) in [6.45, 7) is 0. The summed E-state index contributed by atoms with van der Waals surface area (Å²) in [7, 11) is 0. The van der Waals surface area contributed by atoms with E-state index in [2.05, 4.69) is 10.3 Å². The molecule has 82 valence electrons. The molecule has 3 N–H and O–H groups in total. The van der Waals surface area contributed by atoms with E-state index in [4.69, 9.17) is 5.73 Å². The molecule has 0 aliphatic heterocycles. The molecule has 0 bridgehead atoms. The fraction of sp³-hybridized carbons (Fsp3) is 0.273. The SMILES string of the molecule is NC1(C(=O)Nc2nc3ccccc3s2)CC1. The Bertz CT molecular complexity index is 526. The zero-order valence-electron chi connectivity index (χ0n) is 8.56. The van der Waals surface area contributed by atoms with Crippen molar-refractivity contribution < 1.29 is 4.79 Å². The fourth-order valence-electron chi connectivity index (χ4n) is 1.51. The van der Waals surface area contributed by atoms with Crippen LogP contribution in [0.25, 0.3) is 10.2 Å². The van der Waals surface area contributed by atoms with Crippen molar-refractivity contribution in [3.05, 3.63) is 24.3 Å². The number of aromatic nitrogens is 1. The number of fused-ring (bicyclic) bond motifs is 1. The van der Waals surface area contributed by atoms with Gasteiger partial charge in [-0.05, 0) is 25.0 Å². The van der Waals surface area contributed by atoms with Crippen molar-refractivity contribution in [1.82, 2.24) is 4.98 Å². The minimum absolute atomic E-state index is 0.119. The highest BCUT2D eigenvalue weighted by Gasteiger charge is 2.46. The molecule has 4 nitrogen and oxygen atoms in total. The molecule has 1 aromatic carbocycles. The third-order valence-corrected chi connectivity index (χ3v) is 3.71. The zero-order valence-corrected chi connectivity index (χ0v) is 9.38. The summed E-state index contributed by atoms with van der Waals surface area (Å²) in [4.78, 5) is 16.0. The van der Waals surface area contributed by atoms with Crippen LogP contribution in [-0.4, -0.2) is 16.4 Å². The summed E-state index contributed by atoms with van der Waals surface area (Å²) >= 11 is 1.47. The van der Waals surface area contributed by atoms with Crippen LogP contribution in [0.5, 0.6) is 0 Å². The minimum atomic E-state index is -0.641. The maximum atomic E-state index is 11.7. The lowest BCUT2D eigenvalue weighted by molar-refractivity contribution is -0.118. The Morgan fingerprint density at radius 1 is 1.44 bits per heavy atom. The van der Waals surface area contributed by atoms with E-state index >= 15 is 0 Å². The molecule has 3 rings (SSSR count). The molecule has 0 unspecified atom stereocenters. The van der Waals surface area contributed by atoms with E-state index in [0.29, 0.717) is 5.13 Å². The van der Waals surface area contributed by atoms with Gasteiger partial charge >= 0.3 is 0 Å². The lowest BCUT2D eigenvalue weighted by Gasteiger charge is -2.06. The smallest absolute Gasteiger partial charge is 0.246 e. The number of para-hydroxylation sites is 1. The number of anilines is 1. The molecule has 5 heteroatoms. The van der Waals surface area contributed by atoms with Gasteiger partial charge in [0, 0.05) is 0 Å². The van der Waals surface area contributed by atoms with Gasteiger partial charge in [0.15, 0.2) is 5.13 Å². The Morgan fingerprint density at radius 3 is 2.88 bits per heavy atom. The topological polar surface area (TPSA) is 68.0 Å². The van der Waals surface area contributed by atoms with Gasteiger partial charge in [-0.3, -0.25) is 4.79 Å². The van der Waals surface area contributed by atoms with Crippen molar-refractivity contribution in [1.29, 1.82) is 0 Å². The van der Waals surface area contributed by atoms with Gasteiger partial charge in [0.2, 0.25) is 5.91 Å². The molecular formula is C11H11N3OS. The summed E-state index contributed by atoms with van der Waals surface area (Å²) < 4.78 is 1.07. The van der Waals surface area contributed by atoms with Crippen molar-refractivity contribution in [2.24, 2.45) is 5.73 Å². The van der Waals surface area contributed by atoms with Crippen LogP contribution in [0.3, 0.4) is 0 Å². The molecule has 1 aliphatic rings. The third kappa shape index (κ3) is 1.58. The van der Waals surface area contributed by atoms with Crippen molar-refractivity contribution in [3.63, 3.8) is 0 Å². The van der Waals surface area contributed by atoms with E-state index in [-0.39, 0.29) is 5.91 Å². The average Bonchev–Trinajstić information content (AvgIpc) is 2.90. The Hall–Kier alpha value is -1.46. The molecule has 0 atom stereocenters. The fourth-order valence-corrected chi connectivity index (χ4v) is 2.37. The number of nitrogens with one attached hydrogen (secondary N) is 1. The van der Waals surface area contributed by atoms with Crippen LogP contribution in [0.1, 0.15) is 12.8 Å². The Balaban J connectivity index is 1.87. The lowest BCUT2D eigenvalue weighted by Crippen LogP contribution is -2.37. The predicted octanol–water partition coefficient (Wildman–Crippen LogP) is 1.73. The molecule has 1 heterocycles. The van der Waals surface area contributed by atoms with Crippen LogP contribution in [0.15, 0.2) is 24.3 Å². The van der Waals surface area contributed by atoms with Crippen LogP contribution in [0.4, 0.5) is 5.13 Å². The van der Waals surface area contributed by atoms with Crippen LogP contribution >= 0.6 is 11.3 Å². The summed E-state index contributed by atoms with van der Waals surface area (Å²) in [5.74, 6) is -0.119. The molecule has 1 aliphatic carbocycles. The molecule has 16 heavy (non-hydrogen) atoms. The molecule has 2 aromatic rings. The van der Waals surface area contributed by atoms with Crippen LogP contribution in [0, 0.1) is 0 Å². The number of thiazole rings is 1. The Kier molecular flexibility index (Phi) is 1.99. The van der Waals surface area contributed by atoms with Gasteiger partial charge < -0.3 is 11.1 Å². The van der Waals surface area contributed by atoms with E-state index in [1.165, 1.54) is 11.3 Å². The maximum Gasteiger partial charge on any atom is 0.246 e. The first-order valence-corrected chi connectivity index (χ1v) is 5.95. The minimum Gasteiger partial charge on any atom is -0.317 e. The van der Waals surface area contributed by atoms with Gasteiger partial charge in [0.05, 0.1) is 15.8 Å². The largest absolute Gasteiger partial charge is 0.317 e. The monoisotopic (exact) mass is 233 g/mol. The number of hydrogen-bond donors (Lipinski definition) is 2. The molecule has 0 saturated heterocycles. The van der Waals surface area contributed by atoms with Crippen LogP contribution < -0.4 is 11.1 Å². The number of hydrogen-bond acceptors (Lipinski definition) is 4. The molecule has 1 amide bonds. The van der Waals surface area contributed by atoms with E-state index in [9.17, 15) is 4.79 Å². The Labute approximate surface area is 96.5 Å². The number of rotatable bonds is 2. The first-order valence-electron chi connectivity index (χ1n) is 5.13. The number of benzene rings is 1. The highest BCUT2D eigenvalue weighted by Crippen LogP contribution is 2.34. The summed E-state index contributed by atoms with van der Waals surface area (Å²) in [6.07, 6.45) is 1.54. The molecule has 0 spiro atoms. The van der Waals surface area contributed by atoms with Crippen molar-refractivity contribution in [3.8, 4) is 0 Å². The predicted molar refractivity (Wildman–Crippen MR) is 64.4 cm³/mol. The van der Waals surface area contributed by atoms with E-state index in [1.807, 2.05) is 24.3 Å². The second-order valence-corrected chi connectivity index (χ2v) is 5.13. The van der Waals surface area contributed by atoms with Gasteiger partial charge in [-0.2, -0.15) is 0 Å². The average molecular weight is 233 g/mol. The molecule has 1 aromatic heterocycles. The first-order chi connectivity index (χ1) is 7.67. The number of nitrogens with zero attached hydrogens (tertiary/aromatic N) is 1. The highest BCUT2D eigenvalue weighted by atomic mass is 32.1. The van der Waals surface area contributed by atoms with Gasteiger partial charge in [-0.25, -0.2) is 4.98 Å². The van der Waals surface area contributed by atoms with Gasteiger partial charge in [-0.1, -0.05) is 23.5 Å². The van der Waals surface area contributed by atoms with E-state index in [0.717, 1.165) is 23.1 Å². The molecule has 1 saturated carbocycles. The van der Waals surface area contributed by atoms with Crippen molar-refractivity contribution in [2.45, 2.75) is 18.4 Å². The molecule has 1 fully saturated rings. The number of nitrogens with two attached hydrogens (primary N) is 1. The second-order valence-electron chi connectivity index (χ2n) is 4.10. The number of amides is 1. The third-order valence-electron chi connectivity index (χ3n) is 2.76. The zero-order chi connectivity index (χ0) is 11.2. The van der Waals surface area contributed by atoms with Gasteiger partial charge in [0.25, 0.3) is 0 Å². The quantitative estimate of drug-likeness (QED) is 0.830. The van der Waals surface area contributed by atoms with Crippen LogP contribution in [0.2, 0.25) is 0 Å². The molecule has 0 radical (unpaired) electrons. The first kappa shape index (κ1) is 9.74. The summed E-state index contributed by atoms with van der Waals surface area (Å²) in [6, 6.07) is 7.80. The van der Waals surface area contributed by atoms with Crippen molar-refractivity contribution >= 4 is 32.6 Å². The molecular weight excluding hydrogens is 222 g/mol. The van der Waals surface area contributed by atoms with Gasteiger partial charge in [0.1, 0.15) is 0 Å². The standard InChI is InChI=1S/C11H11N3OS/c12-11(5-6-11)9(15)14-10-13-7-3-1-2-4-8(7)16-10/h1-4H,5-6,12H2,(H,13,14,15). The second kappa shape index (κ2) is 3.26. The number of carbonyl (C=O) groups is 1. The summed E-state index contributed by atoms with van der Waals surface area (Å²) in [5, 5.41) is 3.40. The van der Waals surface area contributed by atoms with Gasteiger partial charge in [-0.15, -0.1) is 0 Å².